The lowest BCUT2D eigenvalue weighted by molar-refractivity contribution is 0.668. The van der Waals surface area contributed by atoms with Crippen LogP contribution in [0.5, 0.6) is 0 Å². The molecule has 0 aliphatic carbocycles. The average Bonchev–Trinajstić information content (AvgIpc) is 0.826. The van der Waals surface area contributed by atoms with Crippen LogP contribution >= 0.6 is 0 Å². The van der Waals surface area contributed by atoms with Gasteiger partial charge in [-0.1, -0.05) is 399 Å². The molecule has 0 fully saturated rings. The predicted molar refractivity (Wildman–Crippen MR) is 548 cm³/mol. The van der Waals surface area contributed by atoms with Crippen LogP contribution in [0.2, 0.25) is 0 Å². The fourth-order valence-electron chi connectivity index (χ4n) is 17.0. The maximum absolute atomic E-state index is 9.72. The van der Waals surface area contributed by atoms with E-state index < -0.39 is 446 Å². The molecule has 3 nitrogen and oxygen atoms in total. The summed E-state index contributed by atoms with van der Waals surface area (Å²) in [7, 11) is 0. The molecule has 0 saturated heterocycles. The van der Waals surface area contributed by atoms with E-state index in [1.54, 1.807) is 97.1 Å². The third kappa shape index (κ3) is 12.8. The predicted octanol–water partition coefficient (Wildman–Crippen LogP) is 36.1. The summed E-state index contributed by atoms with van der Waals surface area (Å²) in [5.74, 6) is 0. The van der Waals surface area contributed by atoms with Gasteiger partial charge >= 0.3 is 0 Å². The number of para-hydroxylation sites is 3. The second-order valence-corrected chi connectivity index (χ2v) is 29.7. The van der Waals surface area contributed by atoms with Gasteiger partial charge in [0.05, 0.1) is 72.7 Å². The van der Waals surface area contributed by atoms with Crippen LogP contribution in [0.3, 0.4) is 0 Å². The number of fused-ring (bicyclic) bond motifs is 18. The van der Waals surface area contributed by atoms with E-state index in [-0.39, 0.29) is 54.9 Å². The number of hydrogen-bond acceptors (Lipinski definition) is 3. The Hall–Kier alpha value is -17.0. The molecule has 3 heteroatoms. The molecule has 3 aromatic heterocycles. The molecule has 0 bridgehead atoms. The zero-order valence-corrected chi connectivity index (χ0v) is 66.2. The number of benzene rings is 24. The maximum Gasteiger partial charge on any atom is 0.136 e. The molecule has 27 rings (SSSR count). The molecule has 0 atom stereocenters. The molecule has 0 aliphatic heterocycles. The smallest absolute Gasteiger partial charge is 0.136 e. The van der Waals surface area contributed by atoms with Gasteiger partial charge in [-0.25, -0.2) is 0 Å². The standard InChI is InChI=1S/3C42H26O/c1-2-13-30-27(11-1)12-9-20-32(30)41-35-16-5-3-14-33(35)40(34-15-4-6-17-36(34)41)29-25-23-28(24-26-29)31-19-10-22-39-42(31)37-18-7-8-21-38(37)43-39;2*1-2-11-28-24-32(21-20-27(28)10-1)42-36-17-5-3-15-34(36)41(35-16-4-6-18-37(35)42)31-13-9-12-29(25-31)30-22-23-40-38(26-30)33-14-7-8-19-39(33)43-40/h3*1-26H/i1D,2D,3D,4D,5D,6D,9D,11D,12D,13D,14D,15D,16D,17D,20D,23D,24D,25D,26D;1D,2D,3D,4D,5D,6D,9D,10D,11D,12D,13D,15D,16D,17D,18D,20D,21D,24D,25D;1D,2D,3D,4D,5D,6D,10D,11D,15D,16D,17D,18D,20D,21D,24D. The van der Waals surface area contributed by atoms with E-state index in [1.165, 1.54) is 0 Å². The van der Waals surface area contributed by atoms with Crippen LogP contribution in [0.1, 0.15) is 72.7 Å². The number of hydrogen-bond donors (Lipinski definition) is 0. The van der Waals surface area contributed by atoms with Gasteiger partial charge in [0.15, 0.2) is 0 Å². The first-order chi connectivity index (χ1) is 86.0. The van der Waals surface area contributed by atoms with Crippen molar-refractivity contribution in [3.63, 3.8) is 0 Å². The van der Waals surface area contributed by atoms with Gasteiger partial charge < -0.3 is 13.3 Å². The summed E-state index contributed by atoms with van der Waals surface area (Å²) in [4.78, 5) is 0. The second-order valence-electron chi connectivity index (χ2n) is 29.7. The highest BCUT2D eigenvalue weighted by Gasteiger charge is 2.24. The normalized spacial score (nSPS) is 17.5. The summed E-state index contributed by atoms with van der Waals surface area (Å²) in [6.07, 6.45) is 0. The van der Waals surface area contributed by atoms with Gasteiger partial charge in [-0.2, -0.15) is 0 Å². The van der Waals surface area contributed by atoms with E-state index in [0.717, 1.165) is 16.3 Å². The van der Waals surface area contributed by atoms with Crippen molar-refractivity contribution >= 4 is 163 Å². The topological polar surface area (TPSA) is 39.4 Å². The summed E-state index contributed by atoms with van der Waals surface area (Å²) in [6, 6.07) is 4.03. The largest absolute Gasteiger partial charge is 0.456 e. The first kappa shape index (κ1) is 38.6. The molecule has 0 radical (unpaired) electrons. The minimum absolute atomic E-state index is 0.0382. The van der Waals surface area contributed by atoms with Gasteiger partial charge in [0.2, 0.25) is 0 Å². The van der Waals surface area contributed by atoms with Crippen molar-refractivity contribution in [1.82, 2.24) is 0 Å². The van der Waals surface area contributed by atoms with Crippen LogP contribution < -0.4 is 0 Å². The lowest BCUT2D eigenvalue weighted by Crippen LogP contribution is -1.91. The Morgan fingerprint density at radius 3 is 0.977 bits per heavy atom. The molecule has 0 N–H and O–H groups in total. The van der Waals surface area contributed by atoms with Crippen molar-refractivity contribution in [3.8, 4) is 100 Å². The van der Waals surface area contributed by atoms with E-state index in [2.05, 4.69) is 0 Å². The quantitative estimate of drug-likeness (QED) is 0.135. The third-order valence-corrected chi connectivity index (χ3v) is 22.6. The molecule has 600 valence electrons. The highest BCUT2D eigenvalue weighted by Crippen LogP contribution is 2.51. The molecule has 0 amide bonds. The lowest BCUT2D eigenvalue weighted by Gasteiger charge is -2.19. The van der Waals surface area contributed by atoms with E-state index in [0.29, 0.717) is 66.2 Å². The van der Waals surface area contributed by atoms with E-state index in [1.807, 2.05) is 54.6 Å². The SMILES string of the molecule is [2H]c1c([2H])c(-c2ccc3oc4ccccc4c3c2)c([2H])c(-c2c3c([2H])c([2H])c([2H])c([2H])c3c(-c3c([2H])c([2H])c4c([2H])c([2H])c([2H])c([2H])c4c3[2H])c3c([2H])c([2H])c([2H])c([2H])c23)c1[2H].[2H]c1c([2H])c(-c2cccc3oc4ccccc4c23)c([2H])c([2H])c1-c1c2c([2H])c([2H])c([2H])c([2H])c2c(-c2c([2H])c([2H])c([2H])c3c([2H])c([2H])c([2H])c([2H])c23)c2c([2H])c([2H])c([2H])c([2H])c12.[2H]c1c([2H])c([2H])c2c([2H])c(-c3c4c([2H])c([2H])c([2H])c([2H])c4c(-c4cccc(-c5ccc6oc7ccccc7c6c5)c4)c4c([2H])c([2H])c([2H])c([2H])c34)c([2H])c([2H])c2c1[2H]. The van der Waals surface area contributed by atoms with Crippen LogP contribution in [0.4, 0.5) is 0 Å². The van der Waals surface area contributed by atoms with Crippen molar-refractivity contribution in [2.24, 2.45) is 0 Å². The molecular weight excluding hydrogens is 1560 g/mol. The Kier molecular flexibility index (Phi) is 9.30. The summed E-state index contributed by atoms with van der Waals surface area (Å²) >= 11 is 0. The first-order valence-electron chi connectivity index (χ1n) is 66.5. The summed E-state index contributed by atoms with van der Waals surface area (Å²) in [6.45, 7) is 0. The Morgan fingerprint density at radius 1 is 0.147 bits per heavy atom. The fourth-order valence-corrected chi connectivity index (χ4v) is 17.0. The van der Waals surface area contributed by atoms with Crippen molar-refractivity contribution < 1.29 is 85.9 Å². The Balaban J connectivity index is 0.000000135. The van der Waals surface area contributed by atoms with Crippen LogP contribution in [0, 0.1) is 0 Å². The maximum atomic E-state index is 9.72. The van der Waals surface area contributed by atoms with Gasteiger partial charge in [-0.05, 0) is 270 Å². The zero-order valence-electron chi connectivity index (χ0n) is 119. The Bertz CT molecular complexity index is 12400. The highest BCUT2D eigenvalue weighted by atomic mass is 16.3. The fraction of sp³-hybridized carbons (Fsp3) is 0. The monoisotopic (exact) mass is 1690 g/mol. The van der Waals surface area contributed by atoms with Gasteiger partial charge in [0.1, 0.15) is 33.5 Å². The van der Waals surface area contributed by atoms with E-state index in [9.17, 15) is 31.5 Å². The summed E-state index contributed by atoms with van der Waals surface area (Å²) in [5, 5.41) is -4.14. The molecule has 27 aromatic rings. The molecule has 3 heterocycles. The lowest BCUT2D eigenvalue weighted by atomic mass is 9.84. The number of furan rings is 3. The molecule has 24 aromatic carbocycles. The van der Waals surface area contributed by atoms with E-state index >= 15 is 0 Å². The van der Waals surface area contributed by atoms with Crippen LogP contribution in [0.15, 0.2) is 485 Å². The molecule has 0 spiro atoms. The Labute approximate surface area is 818 Å². The van der Waals surface area contributed by atoms with E-state index in [4.69, 9.17) is 54.4 Å². The van der Waals surface area contributed by atoms with Crippen molar-refractivity contribution in [2.45, 2.75) is 0 Å². The summed E-state index contributed by atoms with van der Waals surface area (Å²) < 4.78 is 494. The van der Waals surface area contributed by atoms with Crippen molar-refractivity contribution in [2.75, 3.05) is 0 Å². The van der Waals surface area contributed by atoms with Crippen LogP contribution in [0.25, 0.3) is 263 Å². The summed E-state index contributed by atoms with van der Waals surface area (Å²) in [5.41, 5.74) is -0.128. The Morgan fingerprint density at radius 2 is 0.473 bits per heavy atom. The minimum Gasteiger partial charge on any atom is -0.456 e. The third-order valence-electron chi connectivity index (χ3n) is 22.6. The highest BCUT2D eigenvalue weighted by molar-refractivity contribution is 6.27. The first-order valence-corrected chi connectivity index (χ1v) is 40.0. The van der Waals surface area contributed by atoms with Gasteiger partial charge in [-0.3, -0.25) is 0 Å². The number of rotatable bonds is 9. The van der Waals surface area contributed by atoms with Gasteiger partial charge in [0.25, 0.3) is 0 Å². The van der Waals surface area contributed by atoms with Crippen LogP contribution in [-0.4, -0.2) is 0 Å². The molecule has 129 heavy (non-hydrogen) atoms. The second kappa shape index (κ2) is 31.1. The van der Waals surface area contributed by atoms with Crippen molar-refractivity contribution in [3.05, 3.63) is 472 Å². The molecule has 0 aliphatic rings. The molecule has 0 unspecified atom stereocenters. The van der Waals surface area contributed by atoms with Gasteiger partial charge in [-0.15, -0.1) is 0 Å². The van der Waals surface area contributed by atoms with Gasteiger partial charge in [0, 0.05) is 32.3 Å². The molecular formula is C126H78O3. The van der Waals surface area contributed by atoms with Crippen molar-refractivity contribution in [1.29, 1.82) is 0 Å². The average molecular weight is 1690 g/mol. The zero-order chi connectivity index (χ0) is 131. The molecule has 0 saturated carbocycles. The minimum atomic E-state index is -0.869. The van der Waals surface area contributed by atoms with Crippen LogP contribution in [-0.2, 0) is 0 Å².